The highest BCUT2D eigenvalue weighted by Gasteiger charge is 2.05. The third-order valence-electron chi connectivity index (χ3n) is 2.03. The maximum atomic E-state index is 9.52. The van der Waals surface area contributed by atoms with Crippen LogP contribution in [-0.2, 0) is 0 Å². The molecule has 0 aromatic heterocycles. The van der Waals surface area contributed by atoms with Crippen LogP contribution in [0.1, 0.15) is 25.3 Å². The number of aromatic hydroxyl groups is 1. The number of hydrogen-bond acceptors (Lipinski definition) is 3. The smallest absolute Gasteiger partial charge is 0.130 e. The molecule has 0 radical (unpaired) electrons. The average molecular weight is 208 g/mol. The number of phenolic OH excluding ortho intramolecular Hbond substituents is 1. The van der Waals surface area contributed by atoms with Crippen molar-refractivity contribution in [3.63, 3.8) is 0 Å². The van der Waals surface area contributed by atoms with Gasteiger partial charge in [0.1, 0.15) is 17.3 Å². The number of nitrogens with one attached hydrogen (secondary N) is 1. The summed E-state index contributed by atoms with van der Waals surface area (Å²) in [6, 6.07) is 4.76. The molecule has 0 aliphatic carbocycles. The first-order chi connectivity index (χ1) is 7.15. The van der Waals surface area contributed by atoms with E-state index < -0.39 is 0 Å². The molecular weight excluding hydrogens is 192 g/mol. The van der Waals surface area contributed by atoms with Gasteiger partial charge < -0.3 is 15.6 Å². The van der Waals surface area contributed by atoms with Gasteiger partial charge in [0.2, 0.25) is 0 Å². The Labute approximate surface area is 89.2 Å². The van der Waals surface area contributed by atoms with Gasteiger partial charge in [-0.3, -0.25) is 5.41 Å². The molecule has 82 valence electrons. The third-order valence-corrected chi connectivity index (χ3v) is 2.03. The topological polar surface area (TPSA) is 79.3 Å². The fourth-order valence-electron chi connectivity index (χ4n) is 1.16. The molecule has 0 saturated heterocycles. The molecule has 0 heterocycles. The molecule has 0 aliphatic rings. The number of rotatable bonds is 5. The zero-order chi connectivity index (χ0) is 11.3. The monoisotopic (exact) mass is 208 g/mol. The quantitative estimate of drug-likeness (QED) is 0.392. The lowest BCUT2D eigenvalue weighted by Gasteiger charge is -2.07. The van der Waals surface area contributed by atoms with Crippen molar-refractivity contribution in [3.8, 4) is 11.5 Å². The minimum absolute atomic E-state index is 0.0171. The van der Waals surface area contributed by atoms with Gasteiger partial charge in [-0.2, -0.15) is 0 Å². The lowest BCUT2D eigenvalue weighted by molar-refractivity contribution is 0.307. The summed E-state index contributed by atoms with van der Waals surface area (Å²) in [5, 5.41) is 16.7. The van der Waals surface area contributed by atoms with Crippen molar-refractivity contribution in [3.05, 3.63) is 23.8 Å². The van der Waals surface area contributed by atoms with Crippen LogP contribution in [0.5, 0.6) is 11.5 Å². The predicted molar refractivity (Wildman–Crippen MR) is 59.5 cm³/mol. The van der Waals surface area contributed by atoms with E-state index in [4.69, 9.17) is 15.9 Å². The van der Waals surface area contributed by atoms with Crippen molar-refractivity contribution >= 4 is 5.84 Å². The van der Waals surface area contributed by atoms with E-state index in [1.807, 2.05) is 0 Å². The highest BCUT2D eigenvalue weighted by molar-refractivity contribution is 5.97. The summed E-state index contributed by atoms with van der Waals surface area (Å²) in [5.41, 5.74) is 5.60. The van der Waals surface area contributed by atoms with E-state index in [-0.39, 0.29) is 11.6 Å². The minimum atomic E-state index is -0.146. The molecule has 0 saturated carbocycles. The number of unbranched alkanes of at least 4 members (excludes halogenated alkanes) is 1. The van der Waals surface area contributed by atoms with Gasteiger partial charge >= 0.3 is 0 Å². The maximum absolute atomic E-state index is 9.52. The van der Waals surface area contributed by atoms with Crippen molar-refractivity contribution in [1.82, 2.24) is 0 Å². The van der Waals surface area contributed by atoms with Crippen LogP contribution >= 0.6 is 0 Å². The van der Waals surface area contributed by atoms with Crippen molar-refractivity contribution < 1.29 is 9.84 Å². The summed E-state index contributed by atoms with van der Waals surface area (Å²) in [7, 11) is 0. The molecule has 0 spiro atoms. The molecule has 0 fully saturated rings. The van der Waals surface area contributed by atoms with Crippen LogP contribution in [0, 0.1) is 5.41 Å². The lowest BCUT2D eigenvalue weighted by Crippen LogP contribution is -2.11. The van der Waals surface area contributed by atoms with Gasteiger partial charge in [0.05, 0.1) is 12.2 Å². The Kier molecular flexibility index (Phi) is 3.97. The van der Waals surface area contributed by atoms with Crippen LogP contribution in [0.3, 0.4) is 0 Å². The lowest BCUT2D eigenvalue weighted by atomic mass is 10.2. The second kappa shape index (κ2) is 5.24. The Morgan fingerprint density at radius 3 is 2.80 bits per heavy atom. The molecule has 1 aromatic rings. The molecule has 4 nitrogen and oxygen atoms in total. The first kappa shape index (κ1) is 11.4. The SMILES string of the molecule is CCCCOc1ccc(C(=N)N)c(O)c1. The van der Waals surface area contributed by atoms with E-state index in [1.165, 1.54) is 6.07 Å². The van der Waals surface area contributed by atoms with E-state index in [1.54, 1.807) is 12.1 Å². The number of nitrogen functional groups attached to an aromatic ring is 1. The number of benzene rings is 1. The third kappa shape index (κ3) is 3.16. The molecule has 1 rings (SSSR count). The first-order valence-electron chi connectivity index (χ1n) is 4.95. The van der Waals surface area contributed by atoms with E-state index in [0.29, 0.717) is 17.9 Å². The van der Waals surface area contributed by atoms with Crippen LogP contribution in [0.4, 0.5) is 0 Å². The maximum Gasteiger partial charge on any atom is 0.130 e. The molecule has 0 atom stereocenters. The predicted octanol–water partition coefficient (Wildman–Crippen LogP) is 1.86. The van der Waals surface area contributed by atoms with Crippen LogP contribution in [0.15, 0.2) is 18.2 Å². The number of amidine groups is 1. The summed E-state index contributed by atoms with van der Waals surface area (Å²) in [4.78, 5) is 0. The van der Waals surface area contributed by atoms with Crippen LogP contribution in [0.25, 0.3) is 0 Å². The van der Waals surface area contributed by atoms with E-state index in [0.717, 1.165) is 12.8 Å². The van der Waals surface area contributed by atoms with Gasteiger partial charge in [-0.1, -0.05) is 13.3 Å². The van der Waals surface area contributed by atoms with Crippen LogP contribution < -0.4 is 10.5 Å². The summed E-state index contributed by atoms with van der Waals surface area (Å²) in [5.74, 6) is 0.440. The number of ether oxygens (including phenoxy) is 1. The fraction of sp³-hybridized carbons (Fsp3) is 0.364. The Morgan fingerprint density at radius 1 is 1.53 bits per heavy atom. The molecule has 0 unspecified atom stereocenters. The number of phenols is 1. The standard InChI is InChI=1S/C11H16N2O2/c1-2-3-6-15-8-4-5-9(11(12)13)10(14)7-8/h4-5,7,14H,2-3,6H2,1H3,(H3,12,13). The van der Waals surface area contributed by atoms with Gasteiger partial charge in [-0.05, 0) is 18.6 Å². The second-order valence-electron chi connectivity index (χ2n) is 3.29. The fourth-order valence-corrected chi connectivity index (χ4v) is 1.16. The van der Waals surface area contributed by atoms with Crippen LogP contribution in [0.2, 0.25) is 0 Å². The highest BCUT2D eigenvalue weighted by atomic mass is 16.5. The zero-order valence-electron chi connectivity index (χ0n) is 8.79. The molecule has 4 N–H and O–H groups in total. The largest absolute Gasteiger partial charge is 0.507 e. The van der Waals surface area contributed by atoms with Crippen molar-refractivity contribution in [2.45, 2.75) is 19.8 Å². The number of nitrogens with two attached hydrogens (primary N) is 1. The Bertz CT molecular complexity index is 350. The highest BCUT2D eigenvalue weighted by Crippen LogP contribution is 2.23. The Hall–Kier alpha value is -1.71. The molecule has 1 aromatic carbocycles. The van der Waals surface area contributed by atoms with E-state index in [9.17, 15) is 5.11 Å². The Balaban J connectivity index is 2.69. The summed E-state index contributed by atoms with van der Waals surface area (Å²) in [6.45, 7) is 2.72. The van der Waals surface area contributed by atoms with Gasteiger partial charge in [-0.15, -0.1) is 0 Å². The van der Waals surface area contributed by atoms with Gasteiger partial charge in [0.25, 0.3) is 0 Å². The summed E-state index contributed by atoms with van der Waals surface area (Å²) < 4.78 is 5.39. The summed E-state index contributed by atoms with van der Waals surface area (Å²) in [6.07, 6.45) is 2.05. The molecule has 4 heteroatoms. The zero-order valence-corrected chi connectivity index (χ0v) is 8.79. The Morgan fingerprint density at radius 2 is 2.27 bits per heavy atom. The normalized spacial score (nSPS) is 9.93. The van der Waals surface area contributed by atoms with Gasteiger partial charge in [-0.25, -0.2) is 0 Å². The second-order valence-corrected chi connectivity index (χ2v) is 3.29. The molecule has 0 aliphatic heterocycles. The minimum Gasteiger partial charge on any atom is -0.507 e. The molecule has 0 amide bonds. The molecular formula is C11H16N2O2. The first-order valence-corrected chi connectivity index (χ1v) is 4.95. The molecule has 15 heavy (non-hydrogen) atoms. The van der Waals surface area contributed by atoms with Crippen molar-refractivity contribution in [2.24, 2.45) is 5.73 Å². The van der Waals surface area contributed by atoms with Crippen molar-refractivity contribution in [1.29, 1.82) is 5.41 Å². The number of hydrogen-bond donors (Lipinski definition) is 3. The van der Waals surface area contributed by atoms with Gasteiger partial charge in [0.15, 0.2) is 0 Å². The van der Waals surface area contributed by atoms with Crippen molar-refractivity contribution in [2.75, 3.05) is 6.61 Å². The average Bonchev–Trinajstić information content (AvgIpc) is 2.17. The van der Waals surface area contributed by atoms with Crippen LogP contribution in [-0.4, -0.2) is 17.5 Å². The van der Waals surface area contributed by atoms with E-state index in [2.05, 4.69) is 6.92 Å². The van der Waals surface area contributed by atoms with Gasteiger partial charge in [0, 0.05) is 6.07 Å². The molecule has 0 bridgehead atoms. The summed E-state index contributed by atoms with van der Waals surface area (Å²) >= 11 is 0. The van der Waals surface area contributed by atoms with E-state index >= 15 is 0 Å².